The molecule has 5 heteroatoms. The third-order valence-electron chi connectivity index (χ3n) is 3.60. The van der Waals surface area contributed by atoms with Crippen LogP contribution in [0.2, 0.25) is 0 Å². The summed E-state index contributed by atoms with van der Waals surface area (Å²) in [5.74, 6) is -0.537. The topological polar surface area (TPSA) is 67.4 Å². The molecule has 2 N–H and O–H groups in total. The van der Waals surface area contributed by atoms with Crippen LogP contribution in [0.4, 0.5) is 0 Å². The van der Waals surface area contributed by atoms with Gasteiger partial charge in [0.05, 0.1) is 5.92 Å². The van der Waals surface area contributed by atoms with Crippen LogP contribution in [0.5, 0.6) is 0 Å². The number of amides is 1. The SMILES string of the molecule is CC(NC(=O)C1CCCNC1)C(=O)OCc1ccccc1. The largest absolute Gasteiger partial charge is 0.459 e. The number of nitrogens with one attached hydrogen (secondary N) is 2. The Bertz CT molecular complexity index is 470. The van der Waals surface area contributed by atoms with Crippen LogP contribution in [0.1, 0.15) is 25.3 Å². The zero-order valence-electron chi connectivity index (χ0n) is 12.3. The van der Waals surface area contributed by atoms with Gasteiger partial charge in [0.1, 0.15) is 12.6 Å². The van der Waals surface area contributed by atoms with Crippen molar-refractivity contribution in [1.29, 1.82) is 0 Å². The molecule has 1 fully saturated rings. The van der Waals surface area contributed by atoms with Crippen molar-refractivity contribution < 1.29 is 14.3 Å². The molecule has 2 unspecified atom stereocenters. The summed E-state index contributed by atoms with van der Waals surface area (Å²) in [5.41, 5.74) is 0.931. The van der Waals surface area contributed by atoms with Crippen molar-refractivity contribution >= 4 is 11.9 Å². The second kappa shape index (κ2) is 7.78. The van der Waals surface area contributed by atoms with Crippen LogP contribution in [0, 0.1) is 5.92 Å². The average molecular weight is 290 g/mol. The molecule has 0 aliphatic carbocycles. The molecule has 1 aliphatic rings. The minimum absolute atomic E-state index is 0.0527. The monoisotopic (exact) mass is 290 g/mol. The standard InChI is InChI=1S/C16H22N2O3/c1-12(18-15(19)14-8-5-9-17-10-14)16(20)21-11-13-6-3-2-4-7-13/h2-4,6-7,12,14,17H,5,8-11H2,1H3,(H,18,19). The van der Waals surface area contributed by atoms with E-state index in [0.29, 0.717) is 6.54 Å². The molecule has 1 aromatic carbocycles. The number of hydrogen-bond donors (Lipinski definition) is 2. The zero-order valence-corrected chi connectivity index (χ0v) is 12.3. The molecule has 1 aromatic rings. The van der Waals surface area contributed by atoms with Crippen LogP contribution >= 0.6 is 0 Å². The third-order valence-corrected chi connectivity index (χ3v) is 3.60. The molecule has 0 radical (unpaired) electrons. The molecule has 114 valence electrons. The van der Waals surface area contributed by atoms with E-state index in [1.165, 1.54) is 0 Å². The highest BCUT2D eigenvalue weighted by Gasteiger charge is 2.24. The van der Waals surface area contributed by atoms with Crippen molar-refractivity contribution in [1.82, 2.24) is 10.6 Å². The smallest absolute Gasteiger partial charge is 0.328 e. The second-order valence-corrected chi connectivity index (χ2v) is 5.37. The molecule has 1 heterocycles. The average Bonchev–Trinajstić information content (AvgIpc) is 2.54. The lowest BCUT2D eigenvalue weighted by Crippen LogP contribution is -2.46. The quantitative estimate of drug-likeness (QED) is 0.801. The summed E-state index contributed by atoms with van der Waals surface area (Å²) in [6.07, 6.45) is 1.86. The van der Waals surface area contributed by atoms with Gasteiger partial charge in [-0.05, 0) is 31.9 Å². The fourth-order valence-corrected chi connectivity index (χ4v) is 2.32. The summed E-state index contributed by atoms with van der Waals surface area (Å²) in [4.78, 5) is 23.9. The van der Waals surface area contributed by atoms with Crippen molar-refractivity contribution in [3.8, 4) is 0 Å². The molecule has 0 saturated carbocycles. The highest BCUT2D eigenvalue weighted by Crippen LogP contribution is 2.10. The first-order valence-electron chi connectivity index (χ1n) is 7.38. The Balaban J connectivity index is 1.75. The third kappa shape index (κ3) is 4.86. The van der Waals surface area contributed by atoms with E-state index >= 15 is 0 Å². The number of piperidine rings is 1. The van der Waals surface area contributed by atoms with Gasteiger partial charge in [-0.3, -0.25) is 4.79 Å². The Hall–Kier alpha value is -1.88. The summed E-state index contributed by atoms with van der Waals surface area (Å²) in [5, 5.41) is 5.92. The van der Waals surface area contributed by atoms with E-state index in [0.717, 1.165) is 24.9 Å². The van der Waals surface area contributed by atoms with Crippen molar-refractivity contribution in [3.05, 3.63) is 35.9 Å². The van der Waals surface area contributed by atoms with E-state index in [1.807, 2.05) is 30.3 Å². The molecule has 0 spiro atoms. The molecule has 2 atom stereocenters. The van der Waals surface area contributed by atoms with Crippen molar-refractivity contribution in [2.45, 2.75) is 32.4 Å². The molecule has 1 amide bonds. The maximum absolute atomic E-state index is 12.0. The second-order valence-electron chi connectivity index (χ2n) is 5.37. The van der Waals surface area contributed by atoms with Crippen molar-refractivity contribution in [2.24, 2.45) is 5.92 Å². The van der Waals surface area contributed by atoms with Crippen LogP contribution in [-0.4, -0.2) is 31.0 Å². The van der Waals surface area contributed by atoms with E-state index in [9.17, 15) is 9.59 Å². The Kier molecular flexibility index (Phi) is 5.75. The van der Waals surface area contributed by atoms with Gasteiger partial charge in [0.25, 0.3) is 0 Å². The minimum atomic E-state index is -0.622. The fraction of sp³-hybridized carbons (Fsp3) is 0.500. The van der Waals surface area contributed by atoms with Crippen LogP contribution in [-0.2, 0) is 20.9 Å². The lowest BCUT2D eigenvalue weighted by Gasteiger charge is -2.23. The molecular weight excluding hydrogens is 268 g/mol. The van der Waals surface area contributed by atoms with E-state index in [2.05, 4.69) is 10.6 Å². The van der Waals surface area contributed by atoms with Gasteiger partial charge in [0.2, 0.25) is 5.91 Å². The number of ether oxygens (including phenoxy) is 1. The summed E-state index contributed by atoms with van der Waals surface area (Å²) in [7, 11) is 0. The van der Waals surface area contributed by atoms with E-state index in [4.69, 9.17) is 4.74 Å². The first kappa shape index (κ1) is 15.5. The Morgan fingerprint density at radius 3 is 2.81 bits per heavy atom. The predicted octanol–water partition coefficient (Wildman–Crippen LogP) is 1.23. The van der Waals surface area contributed by atoms with Crippen LogP contribution in [0.25, 0.3) is 0 Å². The van der Waals surface area contributed by atoms with Gasteiger partial charge < -0.3 is 15.4 Å². The van der Waals surface area contributed by atoms with Gasteiger partial charge in [0, 0.05) is 6.54 Å². The molecule has 2 rings (SSSR count). The summed E-state index contributed by atoms with van der Waals surface area (Å²) >= 11 is 0. The van der Waals surface area contributed by atoms with E-state index in [-0.39, 0.29) is 18.4 Å². The van der Waals surface area contributed by atoms with Crippen molar-refractivity contribution in [2.75, 3.05) is 13.1 Å². The molecule has 1 saturated heterocycles. The number of carbonyl (C=O) groups excluding carboxylic acids is 2. The zero-order chi connectivity index (χ0) is 15.1. The lowest BCUT2D eigenvalue weighted by molar-refractivity contribution is -0.149. The first-order valence-corrected chi connectivity index (χ1v) is 7.38. The van der Waals surface area contributed by atoms with E-state index < -0.39 is 12.0 Å². The first-order chi connectivity index (χ1) is 10.2. The fourth-order valence-electron chi connectivity index (χ4n) is 2.32. The normalized spacial score (nSPS) is 19.6. The van der Waals surface area contributed by atoms with Gasteiger partial charge in [0.15, 0.2) is 0 Å². The maximum atomic E-state index is 12.0. The van der Waals surface area contributed by atoms with Crippen LogP contribution < -0.4 is 10.6 Å². The number of hydrogen-bond acceptors (Lipinski definition) is 4. The molecule has 0 bridgehead atoms. The van der Waals surface area contributed by atoms with Crippen LogP contribution in [0.15, 0.2) is 30.3 Å². The van der Waals surface area contributed by atoms with Crippen molar-refractivity contribution in [3.63, 3.8) is 0 Å². The summed E-state index contributed by atoms with van der Waals surface area (Å²) < 4.78 is 5.21. The number of benzene rings is 1. The minimum Gasteiger partial charge on any atom is -0.459 e. The molecule has 0 aromatic heterocycles. The Labute approximate surface area is 125 Å². The lowest BCUT2D eigenvalue weighted by atomic mass is 9.98. The van der Waals surface area contributed by atoms with Gasteiger partial charge >= 0.3 is 5.97 Å². The van der Waals surface area contributed by atoms with Gasteiger partial charge in [-0.1, -0.05) is 30.3 Å². The molecule has 1 aliphatic heterocycles. The Morgan fingerprint density at radius 1 is 1.38 bits per heavy atom. The summed E-state index contributed by atoms with van der Waals surface area (Å²) in [6.45, 7) is 3.52. The molecule has 5 nitrogen and oxygen atoms in total. The van der Waals surface area contributed by atoms with Gasteiger partial charge in [-0.25, -0.2) is 4.79 Å². The molecular formula is C16H22N2O3. The highest BCUT2D eigenvalue weighted by atomic mass is 16.5. The van der Waals surface area contributed by atoms with Crippen LogP contribution in [0.3, 0.4) is 0 Å². The maximum Gasteiger partial charge on any atom is 0.328 e. The number of carbonyl (C=O) groups is 2. The van der Waals surface area contributed by atoms with E-state index in [1.54, 1.807) is 6.92 Å². The number of esters is 1. The van der Waals surface area contributed by atoms with Gasteiger partial charge in [-0.15, -0.1) is 0 Å². The number of rotatable bonds is 5. The molecule has 21 heavy (non-hydrogen) atoms. The Morgan fingerprint density at radius 2 is 2.14 bits per heavy atom. The van der Waals surface area contributed by atoms with Gasteiger partial charge in [-0.2, -0.15) is 0 Å². The highest BCUT2D eigenvalue weighted by molar-refractivity contribution is 5.85. The predicted molar refractivity (Wildman–Crippen MR) is 79.4 cm³/mol. The summed E-state index contributed by atoms with van der Waals surface area (Å²) in [6, 6.07) is 8.86.